The maximum Gasteiger partial charge on any atom is 0.332 e. The monoisotopic (exact) mass is 455 g/mol. The van der Waals surface area contributed by atoms with Gasteiger partial charge in [-0.15, -0.1) is 24.8 Å². The minimum Gasteiger partial charge on any atom is -0.336 e. The van der Waals surface area contributed by atoms with Crippen molar-refractivity contribution in [3.63, 3.8) is 0 Å². The molecule has 0 aliphatic carbocycles. The Hall–Kier alpha value is -2.69. The predicted octanol–water partition coefficient (Wildman–Crippen LogP) is -0.00400. The van der Waals surface area contributed by atoms with E-state index in [0.29, 0.717) is 25.0 Å². The summed E-state index contributed by atoms with van der Waals surface area (Å²) < 4.78 is 4.19. The first-order valence-electron chi connectivity index (χ1n) is 8.96. The molecule has 10 nitrogen and oxygen atoms in total. The summed E-state index contributed by atoms with van der Waals surface area (Å²) in [5, 5.41) is 3.58. The third-order valence-electron chi connectivity index (χ3n) is 5.18. The number of halogens is 2. The lowest BCUT2D eigenvalue weighted by molar-refractivity contribution is 0.0615. The molecule has 0 bridgehead atoms. The van der Waals surface area contributed by atoms with Gasteiger partial charge in [0.2, 0.25) is 0 Å². The van der Waals surface area contributed by atoms with Gasteiger partial charge in [0.25, 0.3) is 11.5 Å². The maximum atomic E-state index is 13.2. The lowest BCUT2D eigenvalue weighted by Gasteiger charge is -2.35. The van der Waals surface area contributed by atoms with E-state index < -0.39 is 11.2 Å². The Labute approximate surface area is 184 Å². The Kier molecular flexibility index (Phi) is 7.06. The van der Waals surface area contributed by atoms with E-state index in [1.165, 1.54) is 24.7 Å². The minimum absolute atomic E-state index is 0. The number of aryl methyl sites for hydroxylation is 2. The van der Waals surface area contributed by atoms with E-state index in [-0.39, 0.29) is 48.1 Å². The van der Waals surface area contributed by atoms with E-state index in [1.807, 2.05) is 17.8 Å². The van der Waals surface area contributed by atoms with Crippen LogP contribution in [0.3, 0.4) is 0 Å². The highest BCUT2D eigenvalue weighted by Crippen LogP contribution is 2.22. The topological polar surface area (TPSA) is 107 Å². The van der Waals surface area contributed by atoms with Gasteiger partial charge in [-0.1, -0.05) is 0 Å². The van der Waals surface area contributed by atoms with Crippen LogP contribution in [0.15, 0.2) is 34.1 Å². The number of carbonyl (C=O) groups is 1. The number of hydrogen-bond acceptors (Lipinski definition) is 6. The Bertz CT molecular complexity index is 1200. The normalized spacial score (nSPS) is 16.1. The molecule has 30 heavy (non-hydrogen) atoms. The summed E-state index contributed by atoms with van der Waals surface area (Å²) in [6.45, 7) is 1.76. The quantitative estimate of drug-likeness (QED) is 0.582. The van der Waals surface area contributed by atoms with Crippen LogP contribution in [0.5, 0.6) is 0 Å². The van der Waals surface area contributed by atoms with Crippen LogP contribution in [0.2, 0.25) is 0 Å². The number of imidazole rings is 1. The molecule has 162 valence electrons. The molecule has 1 atom stereocenters. The fraction of sp³-hybridized carbons (Fsp3) is 0.389. The summed E-state index contributed by atoms with van der Waals surface area (Å²) >= 11 is 0. The molecule has 3 aromatic heterocycles. The second-order valence-corrected chi connectivity index (χ2v) is 6.89. The van der Waals surface area contributed by atoms with Crippen molar-refractivity contribution in [1.82, 2.24) is 33.9 Å². The Morgan fingerprint density at radius 3 is 2.53 bits per heavy atom. The molecule has 4 heterocycles. The van der Waals surface area contributed by atoms with Crippen LogP contribution in [0.4, 0.5) is 0 Å². The summed E-state index contributed by atoms with van der Waals surface area (Å²) in [6.07, 6.45) is 3.54. The van der Waals surface area contributed by atoms with Crippen molar-refractivity contribution in [3.05, 3.63) is 56.9 Å². The van der Waals surface area contributed by atoms with Crippen molar-refractivity contribution in [2.45, 2.75) is 6.04 Å². The van der Waals surface area contributed by atoms with Crippen molar-refractivity contribution < 1.29 is 4.79 Å². The summed E-state index contributed by atoms with van der Waals surface area (Å²) in [6, 6.07) is 2.86. The van der Waals surface area contributed by atoms with E-state index in [1.54, 1.807) is 17.2 Å². The third kappa shape index (κ3) is 3.73. The summed E-state index contributed by atoms with van der Waals surface area (Å²) in [5.41, 5.74) is -0.528. The molecule has 1 fully saturated rings. The number of rotatable bonds is 2. The SMILES string of the molecule is Cl.Cl.Cn1ccnc1C1CNCCN1C(=O)c1ccc2c(=O)n(C)c(=O)n(C)c2n1. The first-order chi connectivity index (χ1) is 13.4. The number of carbonyl (C=O) groups excluding carboxylic acids is 1. The smallest absolute Gasteiger partial charge is 0.332 e. The molecule has 1 saturated heterocycles. The second kappa shape index (κ2) is 8.99. The summed E-state index contributed by atoms with van der Waals surface area (Å²) in [7, 11) is 4.84. The van der Waals surface area contributed by atoms with Gasteiger partial charge in [-0.25, -0.2) is 14.8 Å². The van der Waals surface area contributed by atoms with E-state index in [9.17, 15) is 14.4 Å². The van der Waals surface area contributed by atoms with Gasteiger partial charge in [0.1, 0.15) is 23.2 Å². The second-order valence-electron chi connectivity index (χ2n) is 6.89. The molecule has 1 amide bonds. The molecule has 0 saturated carbocycles. The predicted molar refractivity (Wildman–Crippen MR) is 117 cm³/mol. The average molecular weight is 456 g/mol. The molecule has 4 rings (SSSR count). The fourth-order valence-corrected chi connectivity index (χ4v) is 3.60. The van der Waals surface area contributed by atoms with Gasteiger partial charge in [-0.3, -0.25) is 18.7 Å². The number of pyridine rings is 1. The van der Waals surface area contributed by atoms with Gasteiger partial charge < -0.3 is 14.8 Å². The van der Waals surface area contributed by atoms with E-state index in [4.69, 9.17) is 0 Å². The first kappa shape index (κ1) is 23.6. The van der Waals surface area contributed by atoms with Crippen LogP contribution in [0.25, 0.3) is 11.0 Å². The van der Waals surface area contributed by atoms with Crippen LogP contribution in [0, 0.1) is 0 Å². The molecular weight excluding hydrogens is 433 g/mol. The van der Waals surface area contributed by atoms with Crippen LogP contribution < -0.4 is 16.6 Å². The fourth-order valence-electron chi connectivity index (χ4n) is 3.60. The lowest BCUT2D eigenvalue weighted by atomic mass is 10.1. The highest BCUT2D eigenvalue weighted by Gasteiger charge is 2.32. The summed E-state index contributed by atoms with van der Waals surface area (Å²) in [4.78, 5) is 48.2. The maximum absolute atomic E-state index is 13.2. The molecule has 1 N–H and O–H groups in total. The van der Waals surface area contributed by atoms with Crippen molar-refractivity contribution in [2.24, 2.45) is 21.1 Å². The molecule has 3 aromatic rings. The third-order valence-corrected chi connectivity index (χ3v) is 5.18. The van der Waals surface area contributed by atoms with Gasteiger partial charge in [0, 0.05) is 53.2 Å². The van der Waals surface area contributed by atoms with Crippen LogP contribution in [-0.2, 0) is 21.1 Å². The first-order valence-corrected chi connectivity index (χ1v) is 8.96. The zero-order valence-electron chi connectivity index (χ0n) is 16.7. The van der Waals surface area contributed by atoms with E-state index >= 15 is 0 Å². The van der Waals surface area contributed by atoms with Crippen molar-refractivity contribution in [2.75, 3.05) is 19.6 Å². The lowest BCUT2D eigenvalue weighted by Crippen LogP contribution is -2.49. The molecular formula is C18H23Cl2N7O3. The standard InChI is InChI=1S/C18H21N7O3.2ClH/c1-22-8-7-20-15(22)13-10-19-6-9-25(13)17(27)12-5-4-11-14(21-12)23(2)18(28)24(3)16(11)26;;/h4-5,7-8,13,19H,6,9-10H2,1-3H3;2*1H. The van der Waals surface area contributed by atoms with Gasteiger partial charge >= 0.3 is 5.69 Å². The number of piperazine rings is 1. The van der Waals surface area contributed by atoms with Gasteiger partial charge in [0.15, 0.2) is 0 Å². The average Bonchev–Trinajstić information content (AvgIpc) is 3.15. The molecule has 0 aromatic carbocycles. The van der Waals surface area contributed by atoms with Crippen molar-refractivity contribution >= 4 is 41.8 Å². The number of hydrogen-bond donors (Lipinski definition) is 1. The van der Waals surface area contributed by atoms with Crippen molar-refractivity contribution in [3.8, 4) is 0 Å². The minimum atomic E-state index is -0.484. The van der Waals surface area contributed by atoms with E-state index in [0.717, 1.165) is 10.4 Å². The number of nitrogens with zero attached hydrogens (tertiary/aromatic N) is 6. The molecule has 1 aliphatic heterocycles. The zero-order chi connectivity index (χ0) is 20.0. The van der Waals surface area contributed by atoms with E-state index in [2.05, 4.69) is 15.3 Å². The molecule has 0 radical (unpaired) electrons. The number of amides is 1. The number of aromatic nitrogens is 5. The highest BCUT2D eigenvalue weighted by atomic mass is 35.5. The molecule has 12 heteroatoms. The van der Waals surface area contributed by atoms with Crippen LogP contribution in [0.1, 0.15) is 22.4 Å². The summed E-state index contributed by atoms with van der Waals surface area (Å²) in [5.74, 6) is 0.520. The molecule has 1 unspecified atom stereocenters. The Morgan fingerprint density at radius 1 is 1.13 bits per heavy atom. The number of fused-ring (bicyclic) bond motifs is 1. The van der Waals surface area contributed by atoms with Crippen LogP contribution >= 0.6 is 24.8 Å². The molecule has 0 spiro atoms. The van der Waals surface area contributed by atoms with Crippen LogP contribution in [-0.4, -0.2) is 54.1 Å². The Morgan fingerprint density at radius 2 is 1.87 bits per heavy atom. The largest absolute Gasteiger partial charge is 0.336 e. The Balaban J connectivity index is 0.00000160. The number of nitrogens with one attached hydrogen (secondary N) is 1. The van der Waals surface area contributed by atoms with Gasteiger partial charge in [0.05, 0.1) is 5.39 Å². The van der Waals surface area contributed by atoms with Gasteiger partial charge in [-0.05, 0) is 12.1 Å². The van der Waals surface area contributed by atoms with Gasteiger partial charge in [-0.2, -0.15) is 0 Å². The van der Waals surface area contributed by atoms with Crippen molar-refractivity contribution in [1.29, 1.82) is 0 Å². The molecule has 1 aliphatic rings. The zero-order valence-corrected chi connectivity index (χ0v) is 18.4. The highest BCUT2D eigenvalue weighted by molar-refractivity contribution is 5.94.